The molecule has 0 unspecified atom stereocenters. The number of benzene rings is 2. The lowest BCUT2D eigenvalue weighted by atomic mass is 10.0. The van der Waals surface area contributed by atoms with E-state index in [1.54, 1.807) is 6.20 Å². The van der Waals surface area contributed by atoms with Gasteiger partial charge in [-0.05, 0) is 73.9 Å². The molecule has 1 saturated carbocycles. The second-order valence-electron chi connectivity index (χ2n) is 6.85. The molecule has 1 heterocycles. The highest BCUT2D eigenvalue weighted by Gasteiger charge is 2.36. The van der Waals surface area contributed by atoms with Crippen molar-refractivity contribution < 1.29 is 4.79 Å². The van der Waals surface area contributed by atoms with Gasteiger partial charge in [0.15, 0.2) is 4.77 Å². The number of rotatable bonds is 5. The molecule has 1 aromatic heterocycles. The van der Waals surface area contributed by atoms with Gasteiger partial charge in [-0.25, -0.2) is 0 Å². The molecular formula is C21H20ClN3OS. The number of hydrogen-bond acceptors (Lipinski definition) is 2. The van der Waals surface area contributed by atoms with Gasteiger partial charge in [0.1, 0.15) is 0 Å². The third-order valence-corrected chi connectivity index (χ3v) is 5.55. The standard InChI is InChI=1S/C21H20ClN3OS/c1-14(15-2-6-17(22)7-3-15)25(19-10-11-19)20(26)16-4-8-18(9-5-16)24-13-12-23-21(24)27/h2-9,12-14,19H,10-11H2,1H3,(H,23,27)/t14-/m1/s1. The molecule has 0 radical (unpaired) electrons. The Morgan fingerprint density at radius 1 is 1.19 bits per heavy atom. The highest BCUT2D eigenvalue weighted by Crippen LogP contribution is 2.36. The largest absolute Gasteiger partial charge is 0.337 e. The predicted octanol–water partition coefficient (Wildman–Crippen LogP) is 5.55. The van der Waals surface area contributed by atoms with Gasteiger partial charge in [0, 0.05) is 34.7 Å². The zero-order chi connectivity index (χ0) is 19.0. The number of carbonyl (C=O) groups excluding carboxylic acids is 1. The quantitative estimate of drug-likeness (QED) is 0.573. The van der Waals surface area contributed by atoms with Crippen LogP contribution in [0.15, 0.2) is 60.9 Å². The Morgan fingerprint density at radius 3 is 2.41 bits per heavy atom. The van der Waals surface area contributed by atoms with E-state index < -0.39 is 0 Å². The Morgan fingerprint density at radius 2 is 1.85 bits per heavy atom. The van der Waals surface area contributed by atoms with E-state index in [1.165, 1.54) is 0 Å². The van der Waals surface area contributed by atoms with Gasteiger partial charge in [0.25, 0.3) is 5.91 Å². The zero-order valence-electron chi connectivity index (χ0n) is 14.9. The molecule has 0 bridgehead atoms. The summed E-state index contributed by atoms with van der Waals surface area (Å²) in [6, 6.07) is 15.6. The van der Waals surface area contributed by atoms with Crippen LogP contribution in [0.4, 0.5) is 0 Å². The second-order valence-corrected chi connectivity index (χ2v) is 7.68. The first-order chi connectivity index (χ1) is 13.0. The number of halogens is 1. The van der Waals surface area contributed by atoms with Crippen LogP contribution in [0.3, 0.4) is 0 Å². The van der Waals surface area contributed by atoms with Crippen molar-refractivity contribution in [1.82, 2.24) is 14.5 Å². The van der Waals surface area contributed by atoms with Crippen LogP contribution < -0.4 is 0 Å². The molecule has 1 amide bonds. The molecule has 27 heavy (non-hydrogen) atoms. The maximum absolute atomic E-state index is 13.2. The van der Waals surface area contributed by atoms with E-state index in [4.69, 9.17) is 23.8 Å². The van der Waals surface area contributed by atoms with Gasteiger partial charge in [-0.15, -0.1) is 0 Å². The molecule has 2 aromatic carbocycles. The Labute approximate surface area is 168 Å². The van der Waals surface area contributed by atoms with E-state index in [2.05, 4.69) is 11.9 Å². The van der Waals surface area contributed by atoms with Gasteiger partial charge in [-0.3, -0.25) is 9.36 Å². The maximum atomic E-state index is 13.2. The first-order valence-corrected chi connectivity index (χ1v) is 9.78. The molecule has 0 aliphatic heterocycles. The van der Waals surface area contributed by atoms with Gasteiger partial charge in [0.05, 0.1) is 6.04 Å². The van der Waals surface area contributed by atoms with E-state index in [0.717, 1.165) is 24.1 Å². The van der Waals surface area contributed by atoms with Crippen molar-refractivity contribution in [2.24, 2.45) is 0 Å². The molecule has 1 N–H and O–H groups in total. The molecule has 0 spiro atoms. The van der Waals surface area contributed by atoms with Crippen LogP contribution in [0.5, 0.6) is 0 Å². The van der Waals surface area contributed by atoms with Gasteiger partial charge in [-0.1, -0.05) is 23.7 Å². The number of amides is 1. The van der Waals surface area contributed by atoms with Crippen LogP contribution in [-0.2, 0) is 0 Å². The van der Waals surface area contributed by atoms with Crippen molar-refractivity contribution in [3.05, 3.63) is 81.8 Å². The fourth-order valence-electron chi connectivity index (χ4n) is 3.35. The van der Waals surface area contributed by atoms with Crippen molar-refractivity contribution in [3.63, 3.8) is 0 Å². The zero-order valence-corrected chi connectivity index (χ0v) is 16.5. The number of imidazole rings is 1. The van der Waals surface area contributed by atoms with E-state index in [1.807, 2.05) is 64.2 Å². The smallest absolute Gasteiger partial charge is 0.254 e. The van der Waals surface area contributed by atoms with E-state index in [-0.39, 0.29) is 11.9 Å². The second kappa shape index (κ2) is 7.33. The van der Waals surface area contributed by atoms with Gasteiger partial charge >= 0.3 is 0 Å². The molecule has 6 heteroatoms. The van der Waals surface area contributed by atoms with Crippen LogP contribution in [0, 0.1) is 4.77 Å². The fourth-order valence-corrected chi connectivity index (χ4v) is 3.71. The molecule has 1 aliphatic rings. The topological polar surface area (TPSA) is 41.0 Å². The summed E-state index contributed by atoms with van der Waals surface area (Å²) in [6.07, 6.45) is 5.78. The number of aromatic nitrogens is 2. The van der Waals surface area contributed by atoms with Crippen molar-refractivity contribution in [3.8, 4) is 5.69 Å². The SMILES string of the molecule is C[C@H](c1ccc(Cl)cc1)N(C(=O)c1ccc(-n2cc[nH]c2=S)cc1)C1CC1. The molecule has 4 rings (SSSR count). The van der Waals surface area contributed by atoms with Crippen molar-refractivity contribution in [1.29, 1.82) is 0 Å². The number of aromatic amines is 1. The first-order valence-electron chi connectivity index (χ1n) is 8.99. The van der Waals surface area contributed by atoms with Gasteiger partial charge < -0.3 is 9.88 Å². The third-order valence-electron chi connectivity index (χ3n) is 4.99. The van der Waals surface area contributed by atoms with E-state index >= 15 is 0 Å². The highest BCUT2D eigenvalue weighted by molar-refractivity contribution is 7.71. The maximum Gasteiger partial charge on any atom is 0.254 e. The van der Waals surface area contributed by atoms with Crippen molar-refractivity contribution in [2.75, 3.05) is 0 Å². The lowest BCUT2D eigenvalue weighted by Crippen LogP contribution is -2.35. The summed E-state index contributed by atoms with van der Waals surface area (Å²) in [5, 5.41) is 0.703. The summed E-state index contributed by atoms with van der Waals surface area (Å²) < 4.78 is 2.50. The van der Waals surface area contributed by atoms with E-state index in [0.29, 0.717) is 21.4 Å². The Kier molecular flexibility index (Phi) is 4.89. The number of hydrogen-bond donors (Lipinski definition) is 1. The van der Waals surface area contributed by atoms with Crippen LogP contribution in [0.1, 0.15) is 41.7 Å². The minimum atomic E-state index is 0.000219. The molecule has 1 fully saturated rings. The average molecular weight is 398 g/mol. The number of carbonyl (C=O) groups is 1. The summed E-state index contributed by atoms with van der Waals surface area (Å²) >= 11 is 11.3. The molecule has 138 valence electrons. The molecular weight excluding hydrogens is 378 g/mol. The lowest BCUT2D eigenvalue weighted by molar-refractivity contribution is 0.0674. The van der Waals surface area contributed by atoms with Crippen LogP contribution in [0.2, 0.25) is 5.02 Å². The molecule has 3 aromatic rings. The summed E-state index contributed by atoms with van der Waals surface area (Å²) in [5.74, 6) is 0.0594. The normalized spacial score (nSPS) is 14.7. The fraction of sp³-hybridized carbons (Fsp3) is 0.238. The number of nitrogens with zero attached hydrogens (tertiary/aromatic N) is 2. The highest BCUT2D eigenvalue weighted by atomic mass is 35.5. The monoisotopic (exact) mass is 397 g/mol. The Hall–Kier alpha value is -2.37. The van der Waals surface area contributed by atoms with Crippen LogP contribution >= 0.6 is 23.8 Å². The Balaban J connectivity index is 1.60. The molecule has 0 saturated heterocycles. The summed E-state index contributed by atoms with van der Waals surface area (Å²) in [6.45, 7) is 2.08. The predicted molar refractivity (Wildman–Crippen MR) is 110 cm³/mol. The van der Waals surface area contributed by atoms with Crippen molar-refractivity contribution in [2.45, 2.75) is 31.8 Å². The summed E-state index contributed by atoms with van der Waals surface area (Å²) in [7, 11) is 0. The van der Waals surface area contributed by atoms with E-state index in [9.17, 15) is 4.79 Å². The lowest BCUT2D eigenvalue weighted by Gasteiger charge is -2.30. The molecule has 4 nitrogen and oxygen atoms in total. The third kappa shape index (κ3) is 3.70. The molecule has 1 aliphatic carbocycles. The van der Waals surface area contributed by atoms with Crippen LogP contribution in [-0.4, -0.2) is 26.4 Å². The summed E-state index contributed by atoms with van der Waals surface area (Å²) in [4.78, 5) is 18.2. The van der Waals surface area contributed by atoms with Gasteiger partial charge in [0.2, 0.25) is 0 Å². The minimum Gasteiger partial charge on any atom is -0.337 e. The Bertz CT molecular complexity index is 1000. The molecule has 1 atom stereocenters. The first kappa shape index (κ1) is 18.0. The minimum absolute atomic E-state index is 0.000219. The van der Waals surface area contributed by atoms with Crippen molar-refractivity contribution >= 4 is 29.7 Å². The van der Waals surface area contributed by atoms with Gasteiger partial charge in [-0.2, -0.15) is 0 Å². The summed E-state index contributed by atoms with van der Waals surface area (Å²) in [5.41, 5.74) is 2.71. The van der Waals surface area contributed by atoms with Crippen LogP contribution in [0.25, 0.3) is 5.69 Å². The number of H-pyrrole nitrogens is 1. The number of nitrogens with one attached hydrogen (secondary N) is 1. The average Bonchev–Trinajstić information content (AvgIpc) is 3.42.